The molecule has 0 aromatic carbocycles. The van der Waals surface area contributed by atoms with Crippen molar-refractivity contribution in [3.8, 4) is 0 Å². The number of fused-ring (bicyclic) bond motifs is 5. The smallest absolute Gasteiger partial charge is 0.317 e. The molecular formula is C16H26N2O3S. The summed E-state index contributed by atoms with van der Waals surface area (Å²) in [5.41, 5.74) is 0. The maximum atomic E-state index is 12.4. The summed E-state index contributed by atoms with van der Waals surface area (Å²) < 4.78 is 23.8. The van der Waals surface area contributed by atoms with E-state index < -0.39 is 9.84 Å². The zero-order chi connectivity index (χ0) is 15.5. The molecule has 0 aromatic rings. The zero-order valence-corrected chi connectivity index (χ0v) is 14.0. The molecule has 4 fully saturated rings. The number of amides is 2. The van der Waals surface area contributed by atoms with Gasteiger partial charge in [0.2, 0.25) is 0 Å². The fourth-order valence-corrected chi connectivity index (χ4v) is 6.81. The molecule has 0 unspecified atom stereocenters. The highest BCUT2D eigenvalue weighted by molar-refractivity contribution is 7.92. The van der Waals surface area contributed by atoms with Gasteiger partial charge in [-0.05, 0) is 55.8 Å². The molecule has 0 spiro atoms. The molecule has 3 aliphatic carbocycles. The maximum absolute atomic E-state index is 12.4. The third kappa shape index (κ3) is 2.25. The monoisotopic (exact) mass is 326 g/mol. The highest BCUT2D eigenvalue weighted by Gasteiger charge is 2.65. The molecule has 1 heterocycles. The number of hydrogen-bond acceptors (Lipinski definition) is 3. The minimum Gasteiger partial charge on any atom is -0.335 e. The van der Waals surface area contributed by atoms with Crippen LogP contribution in [0.15, 0.2) is 0 Å². The van der Waals surface area contributed by atoms with Gasteiger partial charge in [-0.1, -0.05) is 6.92 Å². The molecule has 1 saturated heterocycles. The quantitative estimate of drug-likeness (QED) is 0.857. The van der Waals surface area contributed by atoms with Crippen LogP contribution in [0.25, 0.3) is 0 Å². The van der Waals surface area contributed by atoms with Gasteiger partial charge in [-0.25, -0.2) is 13.2 Å². The van der Waals surface area contributed by atoms with Crippen LogP contribution in [-0.4, -0.2) is 49.5 Å². The van der Waals surface area contributed by atoms with Gasteiger partial charge in [0.15, 0.2) is 9.84 Å². The summed E-state index contributed by atoms with van der Waals surface area (Å²) in [6.07, 6.45) is 5.29. The van der Waals surface area contributed by atoms with Crippen molar-refractivity contribution in [2.24, 2.45) is 23.7 Å². The normalized spacial score (nSPS) is 40.6. The summed E-state index contributed by atoms with van der Waals surface area (Å²) >= 11 is 0. The van der Waals surface area contributed by atoms with Crippen LogP contribution in [-0.2, 0) is 9.84 Å². The number of likely N-dealkylation sites (tertiary alicyclic amines) is 1. The highest BCUT2D eigenvalue weighted by Crippen LogP contribution is 2.65. The van der Waals surface area contributed by atoms with E-state index in [1.165, 1.54) is 19.3 Å². The molecule has 2 bridgehead atoms. The number of carbonyl (C=O) groups excluding carboxylic acids is 1. The molecule has 22 heavy (non-hydrogen) atoms. The van der Waals surface area contributed by atoms with Crippen molar-refractivity contribution in [2.75, 3.05) is 18.8 Å². The summed E-state index contributed by atoms with van der Waals surface area (Å²) in [5, 5.41) is 2.98. The number of nitrogens with zero attached hydrogens (tertiary/aromatic N) is 1. The second kappa shape index (κ2) is 5.11. The minimum atomic E-state index is -2.96. The molecule has 0 radical (unpaired) electrons. The van der Waals surface area contributed by atoms with Crippen LogP contribution in [0.2, 0.25) is 0 Å². The Morgan fingerprint density at radius 3 is 2.23 bits per heavy atom. The van der Waals surface area contributed by atoms with Crippen molar-refractivity contribution in [3.05, 3.63) is 0 Å². The van der Waals surface area contributed by atoms with Gasteiger partial charge in [0.05, 0.1) is 5.25 Å². The van der Waals surface area contributed by atoms with Gasteiger partial charge < -0.3 is 10.2 Å². The first-order chi connectivity index (χ1) is 10.5. The Kier molecular flexibility index (Phi) is 3.44. The summed E-state index contributed by atoms with van der Waals surface area (Å²) in [6.45, 7) is 2.85. The van der Waals surface area contributed by atoms with Gasteiger partial charge in [-0.2, -0.15) is 0 Å². The fourth-order valence-electron chi connectivity index (χ4n) is 5.41. The number of piperidine rings is 1. The summed E-state index contributed by atoms with van der Waals surface area (Å²) in [6, 6.07) is 0.446. The maximum Gasteiger partial charge on any atom is 0.317 e. The second-order valence-electron chi connectivity index (χ2n) is 7.60. The van der Waals surface area contributed by atoms with Gasteiger partial charge in [-0.15, -0.1) is 0 Å². The van der Waals surface area contributed by atoms with E-state index in [4.69, 9.17) is 0 Å². The predicted molar refractivity (Wildman–Crippen MR) is 84.2 cm³/mol. The standard InChI is InChI=1S/C16H26N2O3S/c1-2-22(20,21)12-5-7-18(8-6-12)16(19)17-15-13-10-3-4-11(9-10)14(13)15/h10-15H,2-9H2,1H3,(H,17,19)/t10-,11-,13+,14+/m0/s1. The van der Waals surface area contributed by atoms with E-state index in [9.17, 15) is 13.2 Å². The molecule has 1 aliphatic heterocycles. The predicted octanol–water partition coefficient (Wildman–Crippen LogP) is 1.64. The van der Waals surface area contributed by atoms with Crippen LogP contribution in [0.3, 0.4) is 0 Å². The lowest BCUT2D eigenvalue weighted by molar-refractivity contribution is 0.184. The molecule has 5 nitrogen and oxygen atoms in total. The van der Waals surface area contributed by atoms with E-state index in [0.717, 1.165) is 23.7 Å². The molecular weight excluding hydrogens is 300 g/mol. The number of rotatable bonds is 3. The molecule has 2 amide bonds. The van der Waals surface area contributed by atoms with Crippen molar-refractivity contribution in [3.63, 3.8) is 0 Å². The summed E-state index contributed by atoms with van der Waals surface area (Å²) in [5.74, 6) is 3.43. The Bertz CT molecular complexity index is 552. The Balaban J connectivity index is 1.29. The van der Waals surface area contributed by atoms with E-state index in [-0.39, 0.29) is 17.0 Å². The number of urea groups is 1. The van der Waals surface area contributed by atoms with Gasteiger partial charge in [-0.3, -0.25) is 0 Å². The molecule has 0 aromatic heterocycles. The van der Waals surface area contributed by atoms with Crippen LogP contribution in [0.1, 0.15) is 39.0 Å². The van der Waals surface area contributed by atoms with E-state index >= 15 is 0 Å². The average Bonchev–Trinajstić information content (AvgIpc) is 2.92. The Morgan fingerprint density at radius 2 is 1.68 bits per heavy atom. The molecule has 124 valence electrons. The lowest BCUT2D eigenvalue weighted by atomic mass is 10.0. The van der Waals surface area contributed by atoms with Crippen molar-refractivity contribution < 1.29 is 13.2 Å². The summed E-state index contributed by atoms with van der Waals surface area (Å²) in [7, 11) is -2.96. The Labute approximate surface area is 132 Å². The first kappa shape index (κ1) is 14.8. The highest BCUT2D eigenvalue weighted by atomic mass is 32.2. The number of hydrogen-bond donors (Lipinski definition) is 1. The van der Waals surface area contributed by atoms with E-state index in [2.05, 4.69) is 5.32 Å². The average molecular weight is 326 g/mol. The lowest BCUT2D eigenvalue weighted by Gasteiger charge is -2.32. The van der Waals surface area contributed by atoms with Gasteiger partial charge in [0.1, 0.15) is 0 Å². The lowest BCUT2D eigenvalue weighted by Crippen LogP contribution is -2.48. The van der Waals surface area contributed by atoms with Gasteiger partial charge >= 0.3 is 6.03 Å². The third-order valence-corrected chi connectivity index (χ3v) is 8.96. The first-order valence-electron chi connectivity index (χ1n) is 8.78. The first-order valence-corrected chi connectivity index (χ1v) is 10.5. The van der Waals surface area contributed by atoms with Crippen molar-refractivity contribution in [1.29, 1.82) is 0 Å². The molecule has 3 saturated carbocycles. The second-order valence-corrected chi connectivity index (χ2v) is 10.2. The van der Waals surface area contributed by atoms with Crippen LogP contribution >= 0.6 is 0 Å². The third-order valence-electron chi connectivity index (χ3n) is 6.66. The van der Waals surface area contributed by atoms with E-state index in [1.807, 2.05) is 4.90 Å². The topological polar surface area (TPSA) is 66.5 Å². The number of nitrogens with one attached hydrogen (secondary N) is 1. The Morgan fingerprint density at radius 1 is 1.09 bits per heavy atom. The molecule has 1 N–H and O–H groups in total. The van der Waals surface area contributed by atoms with Gasteiger partial charge in [0, 0.05) is 24.9 Å². The van der Waals surface area contributed by atoms with Crippen LogP contribution in [0.5, 0.6) is 0 Å². The van der Waals surface area contributed by atoms with Crippen LogP contribution < -0.4 is 5.32 Å². The molecule has 4 atom stereocenters. The molecule has 4 aliphatic rings. The fraction of sp³-hybridized carbons (Fsp3) is 0.938. The van der Waals surface area contributed by atoms with Crippen molar-refractivity contribution in [1.82, 2.24) is 10.2 Å². The number of sulfone groups is 1. The van der Waals surface area contributed by atoms with Crippen LogP contribution in [0, 0.1) is 23.7 Å². The zero-order valence-electron chi connectivity index (χ0n) is 13.2. The van der Waals surface area contributed by atoms with Crippen molar-refractivity contribution >= 4 is 15.9 Å². The largest absolute Gasteiger partial charge is 0.335 e. The number of carbonyl (C=O) groups is 1. The minimum absolute atomic E-state index is 0.0335. The molecule has 6 heteroatoms. The van der Waals surface area contributed by atoms with Gasteiger partial charge in [0.25, 0.3) is 0 Å². The SMILES string of the molecule is CCS(=O)(=O)C1CCN(C(=O)NC2[C@@H]3[C@H]4CC[C@@H](C4)[C@@H]23)CC1. The Hall–Kier alpha value is -0.780. The van der Waals surface area contributed by atoms with E-state index in [0.29, 0.717) is 32.0 Å². The molecule has 4 rings (SSSR count). The van der Waals surface area contributed by atoms with Crippen LogP contribution in [0.4, 0.5) is 4.79 Å². The van der Waals surface area contributed by atoms with E-state index in [1.54, 1.807) is 6.92 Å². The summed E-state index contributed by atoms with van der Waals surface area (Å²) in [4.78, 5) is 14.2. The van der Waals surface area contributed by atoms with Crippen molar-refractivity contribution in [2.45, 2.75) is 50.3 Å².